The molecule has 3 N–H and O–H groups in total. The van der Waals surface area contributed by atoms with Gasteiger partial charge in [0.25, 0.3) is 0 Å². The van der Waals surface area contributed by atoms with Gasteiger partial charge in [0.05, 0.1) is 0 Å². The number of nitrogens with one attached hydrogen (secondary N) is 1. The van der Waals surface area contributed by atoms with E-state index in [-0.39, 0.29) is 0 Å². The summed E-state index contributed by atoms with van der Waals surface area (Å²) in [6.45, 7) is 9.45. The van der Waals surface area contributed by atoms with E-state index in [1.807, 2.05) is 0 Å². The first-order valence-electron chi connectivity index (χ1n) is 6.00. The van der Waals surface area contributed by atoms with Gasteiger partial charge in [0.2, 0.25) is 0 Å². The molecule has 0 atom stereocenters. The molecule has 0 aliphatic heterocycles. The third-order valence-corrected chi connectivity index (χ3v) is 2.64. The van der Waals surface area contributed by atoms with Gasteiger partial charge < -0.3 is 11.1 Å². The SMILES string of the molecule is CC(C)(C)CCNCc1ccc(CN)cc1. The molecule has 1 aromatic carbocycles. The summed E-state index contributed by atoms with van der Waals surface area (Å²) in [4.78, 5) is 0. The Morgan fingerprint density at radius 1 is 1.06 bits per heavy atom. The molecule has 1 aromatic rings. The van der Waals surface area contributed by atoms with E-state index in [1.54, 1.807) is 0 Å². The summed E-state index contributed by atoms with van der Waals surface area (Å²) in [5, 5.41) is 3.46. The maximum absolute atomic E-state index is 5.55. The van der Waals surface area contributed by atoms with E-state index in [0.717, 1.165) is 13.1 Å². The fourth-order valence-corrected chi connectivity index (χ4v) is 1.49. The van der Waals surface area contributed by atoms with Crippen LogP contribution in [0, 0.1) is 5.41 Å². The van der Waals surface area contributed by atoms with Crippen molar-refractivity contribution >= 4 is 0 Å². The van der Waals surface area contributed by atoms with Crippen LogP contribution in [0.5, 0.6) is 0 Å². The summed E-state index contributed by atoms with van der Waals surface area (Å²) >= 11 is 0. The molecular formula is C14H24N2. The predicted molar refractivity (Wildman–Crippen MR) is 70.1 cm³/mol. The second-order valence-electron chi connectivity index (χ2n) is 5.51. The van der Waals surface area contributed by atoms with Gasteiger partial charge in [0.15, 0.2) is 0 Å². The summed E-state index contributed by atoms with van der Waals surface area (Å²) in [6, 6.07) is 8.49. The molecule has 2 heteroatoms. The standard InChI is InChI=1S/C14H24N2/c1-14(2,3)8-9-16-11-13-6-4-12(10-15)5-7-13/h4-7,16H,8-11,15H2,1-3H3. The molecule has 0 aromatic heterocycles. The molecule has 1 rings (SSSR count). The highest BCUT2D eigenvalue weighted by atomic mass is 14.8. The minimum Gasteiger partial charge on any atom is -0.326 e. The lowest BCUT2D eigenvalue weighted by atomic mass is 9.92. The zero-order valence-corrected chi connectivity index (χ0v) is 10.7. The maximum atomic E-state index is 5.55. The third-order valence-electron chi connectivity index (χ3n) is 2.64. The molecule has 90 valence electrons. The van der Waals surface area contributed by atoms with Crippen molar-refractivity contribution < 1.29 is 0 Å². The number of nitrogens with two attached hydrogens (primary N) is 1. The summed E-state index contributed by atoms with van der Waals surface area (Å²) in [6.07, 6.45) is 1.20. The van der Waals surface area contributed by atoms with Gasteiger partial charge in [0, 0.05) is 13.1 Å². The largest absolute Gasteiger partial charge is 0.326 e. The van der Waals surface area contributed by atoms with Gasteiger partial charge in [-0.1, -0.05) is 45.0 Å². The Bertz CT molecular complexity index is 296. The number of benzene rings is 1. The van der Waals surface area contributed by atoms with Crippen LogP contribution < -0.4 is 11.1 Å². The molecule has 2 nitrogen and oxygen atoms in total. The Morgan fingerprint density at radius 2 is 1.62 bits per heavy atom. The van der Waals surface area contributed by atoms with Crippen molar-refractivity contribution in [3.63, 3.8) is 0 Å². The van der Waals surface area contributed by atoms with Gasteiger partial charge in [-0.05, 0) is 29.5 Å². The molecule has 0 bridgehead atoms. The second-order valence-corrected chi connectivity index (χ2v) is 5.51. The first-order valence-corrected chi connectivity index (χ1v) is 6.00. The van der Waals surface area contributed by atoms with E-state index >= 15 is 0 Å². The molecule has 0 radical (unpaired) electrons. The highest BCUT2D eigenvalue weighted by molar-refractivity contribution is 5.22. The Morgan fingerprint density at radius 3 is 2.12 bits per heavy atom. The van der Waals surface area contributed by atoms with Gasteiger partial charge in [-0.15, -0.1) is 0 Å². The highest BCUT2D eigenvalue weighted by Gasteiger charge is 2.08. The van der Waals surface area contributed by atoms with Crippen molar-refractivity contribution in [1.29, 1.82) is 0 Å². The quantitative estimate of drug-likeness (QED) is 0.749. The zero-order valence-electron chi connectivity index (χ0n) is 10.7. The van der Waals surface area contributed by atoms with E-state index in [9.17, 15) is 0 Å². The van der Waals surface area contributed by atoms with Crippen LogP contribution in [0.15, 0.2) is 24.3 Å². The first-order chi connectivity index (χ1) is 7.51. The molecule has 0 saturated carbocycles. The summed E-state index contributed by atoms with van der Waals surface area (Å²) < 4.78 is 0. The zero-order chi connectivity index (χ0) is 12.0. The second kappa shape index (κ2) is 6.02. The monoisotopic (exact) mass is 220 g/mol. The number of hydrogen-bond acceptors (Lipinski definition) is 2. The van der Waals surface area contributed by atoms with Crippen LogP contribution in [0.1, 0.15) is 38.3 Å². The van der Waals surface area contributed by atoms with Crippen LogP contribution in [-0.4, -0.2) is 6.54 Å². The molecular weight excluding hydrogens is 196 g/mol. The highest BCUT2D eigenvalue weighted by Crippen LogP contribution is 2.17. The summed E-state index contributed by atoms with van der Waals surface area (Å²) in [5.74, 6) is 0. The Balaban J connectivity index is 2.27. The van der Waals surface area contributed by atoms with Crippen molar-refractivity contribution in [2.24, 2.45) is 11.1 Å². The van der Waals surface area contributed by atoms with E-state index in [0.29, 0.717) is 12.0 Å². The molecule has 0 amide bonds. The Hall–Kier alpha value is -0.860. The smallest absolute Gasteiger partial charge is 0.0205 e. The van der Waals surface area contributed by atoms with E-state index in [2.05, 4.69) is 50.4 Å². The molecule has 0 aliphatic carbocycles. The molecule has 0 fully saturated rings. The predicted octanol–water partition coefficient (Wildman–Crippen LogP) is 2.67. The molecule has 0 heterocycles. The van der Waals surface area contributed by atoms with E-state index in [1.165, 1.54) is 17.5 Å². The van der Waals surface area contributed by atoms with E-state index < -0.39 is 0 Å². The van der Waals surface area contributed by atoms with Crippen molar-refractivity contribution in [2.45, 2.75) is 40.3 Å². The fraction of sp³-hybridized carbons (Fsp3) is 0.571. The van der Waals surface area contributed by atoms with Gasteiger partial charge in [-0.3, -0.25) is 0 Å². The molecule has 0 aliphatic rings. The lowest BCUT2D eigenvalue weighted by Gasteiger charge is -2.18. The average Bonchev–Trinajstić information content (AvgIpc) is 2.24. The van der Waals surface area contributed by atoms with Gasteiger partial charge in [-0.2, -0.15) is 0 Å². The van der Waals surface area contributed by atoms with Gasteiger partial charge in [-0.25, -0.2) is 0 Å². The molecule has 16 heavy (non-hydrogen) atoms. The lowest BCUT2D eigenvalue weighted by Crippen LogP contribution is -2.20. The van der Waals surface area contributed by atoms with Crippen molar-refractivity contribution in [1.82, 2.24) is 5.32 Å². The molecule has 0 spiro atoms. The van der Waals surface area contributed by atoms with Crippen LogP contribution in [0.25, 0.3) is 0 Å². The Labute approximate surface area is 99.2 Å². The molecule has 0 saturated heterocycles. The first kappa shape index (κ1) is 13.2. The topological polar surface area (TPSA) is 38.0 Å². The van der Waals surface area contributed by atoms with Gasteiger partial charge >= 0.3 is 0 Å². The fourth-order valence-electron chi connectivity index (χ4n) is 1.49. The Kier molecular flexibility index (Phi) is 4.97. The van der Waals surface area contributed by atoms with Crippen LogP contribution in [-0.2, 0) is 13.1 Å². The van der Waals surface area contributed by atoms with Crippen molar-refractivity contribution in [3.8, 4) is 0 Å². The normalized spacial score (nSPS) is 11.8. The lowest BCUT2D eigenvalue weighted by molar-refractivity contribution is 0.366. The minimum absolute atomic E-state index is 0.413. The average molecular weight is 220 g/mol. The summed E-state index contributed by atoms with van der Waals surface area (Å²) in [5.41, 5.74) is 8.48. The van der Waals surface area contributed by atoms with Gasteiger partial charge in [0.1, 0.15) is 0 Å². The van der Waals surface area contributed by atoms with Crippen LogP contribution in [0.2, 0.25) is 0 Å². The number of rotatable bonds is 5. The minimum atomic E-state index is 0.413. The van der Waals surface area contributed by atoms with Crippen molar-refractivity contribution in [2.75, 3.05) is 6.54 Å². The third kappa shape index (κ3) is 5.29. The summed E-state index contributed by atoms with van der Waals surface area (Å²) in [7, 11) is 0. The van der Waals surface area contributed by atoms with Crippen molar-refractivity contribution in [3.05, 3.63) is 35.4 Å². The maximum Gasteiger partial charge on any atom is 0.0205 e. The van der Waals surface area contributed by atoms with Crippen LogP contribution in [0.4, 0.5) is 0 Å². The van der Waals surface area contributed by atoms with Crippen LogP contribution in [0.3, 0.4) is 0 Å². The van der Waals surface area contributed by atoms with E-state index in [4.69, 9.17) is 5.73 Å². The number of hydrogen-bond donors (Lipinski definition) is 2. The van der Waals surface area contributed by atoms with Crippen LogP contribution >= 0.6 is 0 Å². The molecule has 0 unspecified atom stereocenters.